The summed E-state index contributed by atoms with van der Waals surface area (Å²) in [5.74, 6) is -1.51. The van der Waals surface area contributed by atoms with Gasteiger partial charge in [-0.15, -0.1) is 0 Å². The van der Waals surface area contributed by atoms with Gasteiger partial charge in [0.15, 0.2) is 0 Å². The summed E-state index contributed by atoms with van der Waals surface area (Å²) < 4.78 is 13.4. The van der Waals surface area contributed by atoms with E-state index in [2.05, 4.69) is 5.32 Å². The molecular weight excluding hydrogens is 211 g/mol. The number of halogens is 1. The fourth-order valence-corrected chi connectivity index (χ4v) is 1.28. The number of benzene rings is 1. The highest BCUT2D eigenvalue weighted by atomic mass is 19.1. The van der Waals surface area contributed by atoms with Gasteiger partial charge in [0.25, 0.3) is 0 Å². The van der Waals surface area contributed by atoms with Crippen molar-refractivity contribution in [2.24, 2.45) is 0 Å². The lowest BCUT2D eigenvalue weighted by atomic mass is 10.2. The number of nitrogens with one attached hydrogen (secondary N) is 1. The summed E-state index contributed by atoms with van der Waals surface area (Å²) in [6.07, 6.45) is -0.0978. The maximum Gasteiger partial charge on any atom is 0.305 e. The van der Waals surface area contributed by atoms with Gasteiger partial charge in [0.05, 0.1) is 23.7 Å². The van der Waals surface area contributed by atoms with Gasteiger partial charge in [-0.25, -0.2) is 4.39 Å². The molecule has 0 radical (unpaired) electrons. The average molecular weight is 222 g/mol. The fourth-order valence-electron chi connectivity index (χ4n) is 1.28. The van der Waals surface area contributed by atoms with Crippen LogP contribution in [-0.4, -0.2) is 17.1 Å². The van der Waals surface area contributed by atoms with Crippen molar-refractivity contribution in [3.8, 4) is 6.07 Å². The predicted molar refractivity (Wildman–Crippen MR) is 56.5 cm³/mol. The third-order valence-corrected chi connectivity index (χ3v) is 1.98. The lowest BCUT2D eigenvalue weighted by Crippen LogP contribution is -2.19. The first-order valence-corrected chi connectivity index (χ1v) is 4.71. The molecule has 0 amide bonds. The zero-order valence-electron chi connectivity index (χ0n) is 8.70. The highest BCUT2D eigenvalue weighted by Gasteiger charge is 2.10. The quantitative estimate of drug-likeness (QED) is 0.816. The van der Waals surface area contributed by atoms with E-state index in [1.54, 1.807) is 6.92 Å². The molecule has 84 valence electrons. The Labute approximate surface area is 92.3 Å². The number of hydrogen-bond donors (Lipinski definition) is 2. The van der Waals surface area contributed by atoms with E-state index in [1.165, 1.54) is 12.1 Å². The van der Waals surface area contributed by atoms with Gasteiger partial charge in [0.2, 0.25) is 0 Å². The Morgan fingerprint density at radius 3 is 2.88 bits per heavy atom. The van der Waals surface area contributed by atoms with Gasteiger partial charge in [-0.1, -0.05) is 0 Å². The minimum absolute atomic E-state index is 0.0978. The standard InChI is InChI=1S/C11H11FN2O2/c1-7(4-11(15)16)14-10-3-2-8(6-13)5-9(10)12/h2-3,5,7,14H,4H2,1H3,(H,15,16). The summed E-state index contributed by atoms with van der Waals surface area (Å²) in [6.45, 7) is 1.64. The normalized spacial score (nSPS) is 11.6. The number of nitriles is 1. The maximum atomic E-state index is 13.4. The van der Waals surface area contributed by atoms with Gasteiger partial charge in [0.1, 0.15) is 5.82 Å². The summed E-state index contributed by atoms with van der Waals surface area (Å²) in [4.78, 5) is 10.4. The number of nitrogens with zero attached hydrogens (tertiary/aromatic N) is 1. The van der Waals surface area contributed by atoms with E-state index in [9.17, 15) is 9.18 Å². The first-order valence-electron chi connectivity index (χ1n) is 4.71. The topological polar surface area (TPSA) is 73.1 Å². The van der Waals surface area contributed by atoms with Crippen LogP contribution in [0.5, 0.6) is 0 Å². The Kier molecular flexibility index (Phi) is 3.84. The minimum Gasteiger partial charge on any atom is -0.481 e. The molecule has 5 heteroatoms. The van der Waals surface area contributed by atoms with Crippen molar-refractivity contribution in [1.29, 1.82) is 5.26 Å². The molecule has 0 saturated carbocycles. The molecule has 16 heavy (non-hydrogen) atoms. The van der Waals surface area contributed by atoms with Gasteiger partial charge in [-0.2, -0.15) is 5.26 Å². The third kappa shape index (κ3) is 3.24. The van der Waals surface area contributed by atoms with Crippen LogP contribution in [0.15, 0.2) is 18.2 Å². The van der Waals surface area contributed by atoms with Gasteiger partial charge in [0, 0.05) is 6.04 Å². The second kappa shape index (κ2) is 5.12. The molecule has 0 fully saturated rings. The molecule has 0 heterocycles. The molecule has 0 bridgehead atoms. The van der Waals surface area contributed by atoms with E-state index in [0.29, 0.717) is 0 Å². The molecule has 0 aliphatic heterocycles. The van der Waals surface area contributed by atoms with Gasteiger partial charge in [-0.05, 0) is 25.1 Å². The van der Waals surface area contributed by atoms with Crippen molar-refractivity contribution in [3.63, 3.8) is 0 Å². The van der Waals surface area contributed by atoms with Gasteiger partial charge < -0.3 is 10.4 Å². The summed E-state index contributed by atoms with van der Waals surface area (Å²) in [5.41, 5.74) is 0.432. The van der Waals surface area contributed by atoms with Crippen LogP contribution in [0.1, 0.15) is 18.9 Å². The molecule has 4 nitrogen and oxygen atoms in total. The van der Waals surface area contributed by atoms with Crippen LogP contribution >= 0.6 is 0 Å². The second-order valence-corrected chi connectivity index (χ2v) is 3.45. The Morgan fingerprint density at radius 2 is 2.38 bits per heavy atom. The van der Waals surface area contributed by atoms with E-state index < -0.39 is 11.8 Å². The van der Waals surface area contributed by atoms with Crippen molar-refractivity contribution in [2.75, 3.05) is 5.32 Å². The Morgan fingerprint density at radius 1 is 1.69 bits per heavy atom. The van der Waals surface area contributed by atoms with Crippen LogP contribution < -0.4 is 5.32 Å². The Balaban J connectivity index is 2.75. The average Bonchev–Trinajstić information content (AvgIpc) is 2.19. The third-order valence-electron chi connectivity index (χ3n) is 1.98. The maximum absolute atomic E-state index is 13.4. The zero-order valence-corrected chi connectivity index (χ0v) is 8.70. The minimum atomic E-state index is -0.950. The Hall–Kier alpha value is -2.09. The first kappa shape index (κ1) is 12.0. The van der Waals surface area contributed by atoms with Crippen LogP contribution in [0.2, 0.25) is 0 Å². The van der Waals surface area contributed by atoms with E-state index in [0.717, 1.165) is 6.07 Å². The monoisotopic (exact) mass is 222 g/mol. The van der Waals surface area contributed by atoms with E-state index in [1.807, 2.05) is 6.07 Å². The highest BCUT2D eigenvalue weighted by Crippen LogP contribution is 2.16. The molecule has 2 N–H and O–H groups in total. The Bertz CT molecular complexity index is 440. The molecule has 0 saturated heterocycles. The number of carboxylic acid groups (broad SMARTS) is 1. The van der Waals surface area contributed by atoms with Crippen LogP contribution in [-0.2, 0) is 4.79 Å². The summed E-state index contributed by atoms with van der Waals surface area (Å²) in [6, 6.07) is 5.44. The van der Waals surface area contributed by atoms with Crippen molar-refractivity contribution in [2.45, 2.75) is 19.4 Å². The van der Waals surface area contributed by atoms with E-state index in [4.69, 9.17) is 10.4 Å². The number of anilines is 1. The van der Waals surface area contributed by atoms with Gasteiger partial charge in [-0.3, -0.25) is 4.79 Å². The molecule has 1 aromatic carbocycles. The lowest BCUT2D eigenvalue weighted by Gasteiger charge is -2.13. The molecular formula is C11H11FN2O2. The van der Waals surface area contributed by atoms with Crippen molar-refractivity contribution in [1.82, 2.24) is 0 Å². The van der Waals surface area contributed by atoms with Crippen LogP contribution in [0.4, 0.5) is 10.1 Å². The largest absolute Gasteiger partial charge is 0.481 e. The highest BCUT2D eigenvalue weighted by molar-refractivity contribution is 5.68. The van der Waals surface area contributed by atoms with Crippen molar-refractivity contribution < 1.29 is 14.3 Å². The van der Waals surface area contributed by atoms with Crippen LogP contribution in [0.3, 0.4) is 0 Å². The van der Waals surface area contributed by atoms with Crippen LogP contribution in [0, 0.1) is 17.1 Å². The number of carboxylic acids is 1. The molecule has 0 aliphatic carbocycles. The first-order chi connectivity index (χ1) is 7.52. The summed E-state index contributed by atoms with van der Waals surface area (Å²) in [7, 11) is 0. The molecule has 0 aliphatic rings. The molecule has 0 aromatic heterocycles. The number of carbonyl (C=O) groups is 1. The molecule has 1 rings (SSSR count). The second-order valence-electron chi connectivity index (χ2n) is 3.45. The summed E-state index contributed by atoms with van der Waals surface area (Å²) >= 11 is 0. The van der Waals surface area contributed by atoms with E-state index >= 15 is 0 Å². The predicted octanol–water partition coefficient (Wildman–Crippen LogP) is 1.97. The summed E-state index contributed by atoms with van der Waals surface area (Å²) in [5, 5.41) is 19.8. The molecule has 0 spiro atoms. The number of hydrogen-bond acceptors (Lipinski definition) is 3. The lowest BCUT2D eigenvalue weighted by molar-refractivity contribution is -0.137. The number of aliphatic carboxylic acids is 1. The van der Waals surface area contributed by atoms with Crippen molar-refractivity contribution in [3.05, 3.63) is 29.6 Å². The fraction of sp³-hybridized carbons (Fsp3) is 0.273. The molecule has 1 aromatic rings. The SMILES string of the molecule is CC(CC(=O)O)Nc1ccc(C#N)cc1F. The smallest absolute Gasteiger partial charge is 0.305 e. The van der Waals surface area contributed by atoms with Gasteiger partial charge >= 0.3 is 5.97 Å². The zero-order chi connectivity index (χ0) is 12.1. The molecule has 1 unspecified atom stereocenters. The van der Waals surface area contributed by atoms with E-state index in [-0.39, 0.29) is 23.7 Å². The molecule has 1 atom stereocenters. The van der Waals surface area contributed by atoms with Crippen molar-refractivity contribution >= 4 is 11.7 Å². The number of rotatable bonds is 4. The van der Waals surface area contributed by atoms with Crippen LogP contribution in [0.25, 0.3) is 0 Å².